The summed E-state index contributed by atoms with van der Waals surface area (Å²) in [6, 6.07) is 11.8. The number of aromatic nitrogens is 2. The molecule has 0 bridgehead atoms. The number of benzene rings is 1. The first-order chi connectivity index (χ1) is 11.6. The highest BCUT2D eigenvalue weighted by atomic mass is 16.4. The number of amides is 1. The Hall–Kier alpha value is -2.63. The van der Waals surface area contributed by atoms with Gasteiger partial charge in [-0.3, -0.25) is 14.3 Å². The van der Waals surface area contributed by atoms with Crippen LogP contribution in [0.4, 0.5) is 0 Å². The predicted octanol–water partition coefficient (Wildman–Crippen LogP) is 2.73. The van der Waals surface area contributed by atoms with Crippen molar-refractivity contribution in [3.63, 3.8) is 0 Å². The van der Waals surface area contributed by atoms with Gasteiger partial charge in [-0.2, -0.15) is 5.10 Å². The van der Waals surface area contributed by atoms with Crippen LogP contribution in [-0.2, 0) is 11.3 Å². The van der Waals surface area contributed by atoms with Gasteiger partial charge in [-0.05, 0) is 30.9 Å². The van der Waals surface area contributed by atoms with Crippen molar-refractivity contribution in [2.75, 3.05) is 6.54 Å². The number of rotatable bonds is 5. The standard InChI is InChI=1S/C18H21N3O3/c22-17(23)10-13-20-12-9-15(19-20)18(24)21-11-5-4-8-16(21)14-6-2-1-3-7-14/h1-3,6-7,9,12,16H,4-5,8,10-11,13H2,(H,22,23). The lowest BCUT2D eigenvalue weighted by Crippen LogP contribution is -2.38. The quantitative estimate of drug-likeness (QED) is 0.916. The van der Waals surface area contributed by atoms with Gasteiger partial charge in [0, 0.05) is 12.7 Å². The zero-order valence-electron chi connectivity index (χ0n) is 13.5. The summed E-state index contributed by atoms with van der Waals surface area (Å²) in [7, 11) is 0. The molecule has 1 N–H and O–H groups in total. The first-order valence-corrected chi connectivity index (χ1v) is 8.26. The van der Waals surface area contributed by atoms with E-state index in [9.17, 15) is 9.59 Å². The molecule has 0 spiro atoms. The zero-order valence-corrected chi connectivity index (χ0v) is 13.5. The van der Waals surface area contributed by atoms with Crippen LogP contribution >= 0.6 is 0 Å². The van der Waals surface area contributed by atoms with Crippen LogP contribution in [0.2, 0.25) is 0 Å². The van der Waals surface area contributed by atoms with Gasteiger partial charge in [-0.25, -0.2) is 0 Å². The summed E-state index contributed by atoms with van der Waals surface area (Å²) < 4.78 is 1.52. The lowest BCUT2D eigenvalue weighted by atomic mass is 9.95. The number of carbonyl (C=O) groups is 2. The van der Waals surface area contributed by atoms with Crippen LogP contribution in [0.25, 0.3) is 0 Å². The maximum absolute atomic E-state index is 12.9. The number of carboxylic acids is 1. The van der Waals surface area contributed by atoms with E-state index >= 15 is 0 Å². The number of hydrogen-bond donors (Lipinski definition) is 1. The minimum Gasteiger partial charge on any atom is -0.481 e. The maximum atomic E-state index is 12.9. The van der Waals surface area contributed by atoms with Gasteiger partial charge in [0.1, 0.15) is 5.69 Å². The fraction of sp³-hybridized carbons (Fsp3) is 0.389. The van der Waals surface area contributed by atoms with Gasteiger partial charge in [0.15, 0.2) is 0 Å². The minimum absolute atomic E-state index is 0.00827. The third-order valence-corrected chi connectivity index (χ3v) is 4.36. The predicted molar refractivity (Wildman–Crippen MR) is 88.6 cm³/mol. The summed E-state index contributed by atoms with van der Waals surface area (Å²) in [5.41, 5.74) is 1.53. The molecule has 0 radical (unpaired) electrons. The third-order valence-electron chi connectivity index (χ3n) is 4.36. The van der Waals surface area contributed by atoms with E-state index in [2.05, 4.69) is 17.2 Å². The van der Waals surface area contributed by atoms with Gasteiger partial charge < -0.3 is 10.0 Å². The summed E-state index contributed by atoms with van der Waals surface area (Å²) in [4.78, 5) is 25.4. The molecule has 3 rings (SSSR count). The molecule has 1 unspecified atom stereocenters. The molecule has 6 nitrogen and oxygen atoms in total. The molecule has 0 saturated carbocycles. The molecule has 6 heteroatoms. The SMILES string of the molecule is O=C(O)CCn1ccc(C(=O)N2CCCCC2c2ccccc2)n1. The largest absolute Gasteiger partial charge is 0.481 e. The molecule has 1 aromatic heterocycles. The molecule has 2 aromatic rings. The molecule has 1 saturated heterocycles. The van der Waals surface area contributed by atoms with E-state index in [4.69, 9.17) is 5.11 Å². The molecule has 1 atom stereocenters. The first-order valence-electron chi connectivity index (χ1n) is 8.26. The summed E-state index contributed by atoms with van der Waals surface area (Å²) in [5, 5.41) is 13.0. The van der Waals surface area contributed by atoms with Crippen molar-refractivity contribution in [3.8, 4) is 0 Å². The van der Waals surface area contributed by atoms with Crippen molar-refractivity contribution in [3.05, 3.63) is 53.9 Å². The Bertz CT molecular complexity index is 711. The molecule has 2 heterocycles. The topological polar surface area (TPSA) is 75.4 Å². The molecular weight excluding hydrogens is 306 g/mol. The van der Waals surface area contributed by atoms with E-state index in [0.29, 0.717) is 5.69 Å². The van der Waals surface area contributed by atoms with Crippen LogP contribution < -0.4 is 0 Å². The Balaban J connectivity index is 1.76. The Kier molecular flexibility index (Phi) is 4.93. The van der Waals surface area contributed by atoms with E-state index < -0.39 is 5.97 Å². The first kappa shape index (κ1) is 16.2. The van der Waals surface area contributed by atoms with Gasteiger partial charge in [0.2, 0.25) is 0 Å². The lowest BCUT2D eigenvalue weighted by molar-refractivity contribution is -0.137. The molecule has 24 heavy (non-hydrogen) atoms. The van der Waals surface area contributed by atoms with Crippen LogP contribution in [0.15, 0.2) is 42.6 Å². The van der Waals surface area contributed by atoms with Crippen LogP contribution in [0, 0.1) is 0 Å². The monoisotopic (exact) mass is 327 g/mol. The Morgan fingerprint density at radius 1 is 1.17 bits per heavy atom. The Labute approximate surface area is 140 Å². The van der Waals surface area contributed by atoms with E-state index in [1.807, 2.05) is 23.1 Å². The van der Waals surface area contributed by atoms with E-state index in [1.54, 1.807) is 12.3 Å². The molecule has 1 amide bonds. The van der Waals surface area contributed by atoms with Gasteiger partial charge in [0.05, 0.1) is 19.0 Å². The normalized spacial score (nSPS) is 17.7. The maximum Gasteiger partial charge on any atom is 0.305 e. The summed E-state index contributed by atoms with van der Waals surface area (Å²) in [6.07, 6.45) is 4.71. The second-order valence-electron chi connectivity index (χ2n) is 6.03. The highest BCUT2D eigenvalue weighted by Crippen LogP contribution is 2.31. The molecule has 1 fully saturated rings. The highest BCUT2D eigenvalue weighted by molar-refractivity contribution is 5.92. The van der Waals surface area contributed by atoms with Crippen molar-refractivity contribution in [2.24, 2.45) is 0 Å². The van der Waals surface area contributed by atoms with Crippen LogP contribution in [-0.4, -0.2) is 38.2 Å². The smallest absolute Gasteiger partial charge is 0.305 e. The van der Waals surface area contributed by atoms with Gasteiger partial charge in [0.25, 0.3) is 5.91 Å². The van der Waals surface area contributed by atoms with Crippen molar-refractivity contribution in [1.82, 2.24) is 14.7 Å². The fourth-order valence-corrected chi connectivity index (χ4v) is 3.15. The van der Waals surface area contributed by atoms with Crippen LogP contribution in [0.3, 0.4) is 0 Å². The average molecular weight is 327 g/mol. The number of nitrogens with zero attached hydrogens (tertiary/aromatic N) is 3. The van der Waals surface area contributed by atoms with Crippen molar-refractivity contribution in [1.29, 1.82) is 0 Å². The second-order valence-corrected chi connectivity index (χ2v) is 6.03. The summed E-state index contributed by atoms with van der Waals surface area (Å²) in [6.45, 7) is 0.991. The number of piperidine rings is 1. The molecule has 1 aliphatic rings. The number of aliphatic carboxylic acids is 1. The van der Waals surface area contributed by atoms with E-state index in [0.717, 1.165) is 31.4 Å². The molecule has 126 valence electrons. The average Bonchev–Trinajstić information content (AvgIpc) is 3.09. The van der Waals surface area contributed by atoms with Gasteiger partial charge in [-0.15, -0.1) is 0 Å². The number of carbonyl (C=O) groups excluding carboxylic acids is 1. The third kappa shape index (κ3) is 3.64. The van der Waals surface area contributed by atoms with E-state index in [1.165, 1.54) is 4.68 Å². The van der Waals surface area contributed by atoms with Gasteiger partial charge in [-0.1, -0.05) is 30.3 Å². The Morgan fingerprint density at radius 3 is 2.71 bits per heavy atom. The lowest BCUT2D eigenvalue weighted by Gasteiger charge is -2.35. The minimum atomic E-state index is -0.876. The van der Waals surface area contributed by atoms with Crippen LogP contribution in [0.5, 0.6) is 0 Å². The number of carboxylic acid groups (broad SMARTS) is 1. The molecule has 0 aliphatic carbocycles. The van der Waals surface area contributed by atoms with Crippen molar-refractivity contribution in [2.45, 2.75) is 38.3 Å². The summed E-state index contributed by atoms with van der Waals surface area (Å²) >= 11 is 0. The molecular formula is C18H21N3O3. The van der Waals surface area contributed by atoms with Crippen molar-refractivity contribution < 1.29 is 14.7 Å². The number of aryl methyl sites for hydroxylation is 1. The fourth-order valence-electron chi connectivity index (χ4n) is 3.15. The highest BCUT2D eigenvalue weighted by Gasteiger charge is 2.29. The molecule has 1 aromatic carbocycles. The molecule has 1 aliphatic heterocycles. The zero-order chi connectivity index (χ0) is 16.9. The van der Waals surface area contributed by atoms with E-state index in [-0.39, 0.29) is 24.9 Å². The summed E-state index contributed by atoms with van der Waals surface area (Å²) in [5.74, 6) is -0.962. The van der Waals surface area contributed by atoms with Crippen LogP contribution in [0.1, 0.15) is 47.8 Å². The van der Waals surface area contributed by atoms with Gasteiger partial charge >= 0.3 is 5.97 Å². The second kappa shape index (κ2) is 7.29. The number of hydrogen-bond acceptors (Lipinski definition) is 3. The Morgan fingerprint density at radius 2 is 1.96 bits per heavy atom. The number of likely N-dealkylation sites (tertiary alicyclic amines) is 1. The van der Waals surface area contributed by atoms with Crippen molar-refractivity contribution >= 4 is 11.9 Å².